The molecule has 0 aliphatic heterocycles. The van der Waals surface area contributed by atoms with Gasteiger partial charge in [-0.25, -0.2) is 0 Å². The predicted octanol–water partition coefficient (Wildman–Crippen LogP) is 2.72. The molecule has 0 aliphatic rings. The highest BCUT2D eigenvalue weighted by Crippen LogP contribution is 2.35. The predicted molar refractivity (Wildman–Crippen MR) is 144 cm³/mol. The van der Waals surface area contributed by atoms with Crippen molar-refractivity contribution in [1.29, 1.82) is 0 Å². The molecule has 1 amide bonds. The Labute approximate surface area is 229 Å². The number of nitrogens with one attached hydrogen (secondary N) is 1. The van der Waals surface area contributed by atoms with Crippen molar-refractivity contribution in [3.8, 4) is 0 Å². The Kier molecular flexibility index (Phi) is 14.0. The summed E-state index contributed by atoms with van der Waals surface area (Å²) in [7, 11) is 0. The standard InChI is InChI=1S/C24H32N6O10/c1-18(33)25-23-16-19(28(6-10-38-12-8-31)7-11-39-14-15-40-13-9-32)2-4-21(23)26-27-22-5-3-20(29(34)35)17-24(22)30(36)37/h2-5,16-17,31-32H,6-15H2,1H3,(H,25,33)/b27-26+. The van der Waals surface area contributed by atoms with E-state index < -0.39 is 21.2 Å². The van der Waals surface area contributed by atoms with Gasteiger partial charge in [0.15, 0.2) is 5.69 Å². The number of aliphatic hydroxyl groups is 2. The van der Waals surface area contributed by atoms with Gasteiger partial charge in [0, 0.05) is 31.8 Å². The van der Waals surface area contributed by atoms with E-state index in [4.69, 9.17) is 24.4 Å². The minimum atomic E-state index is -0.795. The van der Waals surface area contributed by atoms with Crippen LogP contribution in [-0.4, -0.2) is 91.9 Å². The van der Waals surface area contributed by atoms with Crippen molar-refractivity contribution in [2.75, 3.05) is 76.2 Å². The topological polar surface area (TPSA) is 211 Å². The van der Waals surface area contributed by atoms with Crippen LogP contribution in [0.25, 0.3) is 0 Å². The van der Waals surface area contributed by atoms with Gasteiger partial charge in [-0.15, -0.1) is 10.2 Å². The van der Waals surface area contributed by atoms with Crippen LogP contribution in [0.2, 0.25) is 0 Å². The Hall–Kier alpha value is -4.09. The third-order valence-electron chi connectivity index (χ3n) is 5.14. The molecule has 0 saturated carbocycles. The fourth-order valence-electron chi connectivity index (χ4n) is 3.33. The molecule has 0 radical (unpaired) electrons. The number of hydrogen-bond acceptors (Lipinski definition) is 13. The Balaban J connectivity index is 2.28. The molecule has 0 aliphatic carbocycles. The molecule has 16 nitrogen and oxygen atoms in total. The third kappa shape index (κ3) is 11.0. The molecule has 0 unspecified atom stereocenters. The number of carbonyl (C=O) groups is 1. The fourth-order valence-corrected chi connectivity index (χ4v) is 3.33. The number of anilines is 2. The van der Waals surface area contributed by atoms with E-state index in [2.05, 4.69) is 15.5 Å². The van der Waals surface area contributed by atoms with Gasteiger partial charge in [-0.3, -0.25) is 25.0 Å². The molecular formula is C24H32N6O10. The van der Waals surface area contributed by atoms with Crippen LogP contribution in [0.5, 0.6) is 0 Å². The van der Waals surface area contributed by atoms with E-state index in [1.807, 2.05) is 4.90 Å². The monoisotopic (exact) mass is 564 g/mol. The molecule has 218 valence electrons. The van der Waals surface area contributed by atoms with Crippen molar-refractivity contribution in [3.63, 3.8) is 0 Å². The molecule has 40 heavy (non-hydrogen) atoms. The summed E-state index contributed by atoms with van der Waals surface area (Å²) >= 11 is 0. The van der Waals surface area contributed by atoms with Crippen LogP contribution in [0.1, 0.15) is 6.92 Å². The second kappa shape index (κ2) is 17.5. The number of hydrogen-bond donors (Lipinski definition) is 3. The van der Waals surface area contributed by atoms with Gasteiger partial charge in [0.1, 0.15) is 5.69 Å². The molecule has 0 bridgehead atoms. The van der Waals surface area contributed by atoms with Crippen molar-refractivity contribution in [2.24, 2.45) is 10.2 Å². The Morgan fingerprint density at radius 1 is 0.850 bits per heavy atom. The third-order valence-corrected chi connectivity index (χ3v) is 5.14. The summed E-state index contributed by atoms with van der Waals surface area (Å²) in [6.07, 6.45) is 0. The summed E-state index contributed by atoms with van der Waals surface area (Å²) in [6, 6.07) is 7.92. The van der Waals surface area contributed by atoms with Gasteiger partial charge >= 0.3 is 5.69 Å². The van der Waals surface area contributed by atoms with Crippen LogP contribution in [0, 0.1) is 20.2 Å². The Morgan fingerprint density at radius 2 is 1.43 bits per heavy atom. The highest BCUT2D eigenvalue weighted by molar-refractivity contribution is 5.93. The first kappa shape index (κ1) is 32.1. The maximum Gasteiger partial charge on any atom is 0.303 e. The van der Waals surface area contributed by atoms with Crippen LogP contribution in [0.4, 0.5) is 34.1 Å². The van der Waals surface area contributed by atoms with Crippen LogP contribution < -0.4 is 10.2 Å². The molecule has 0 aromatic heterocycles. The molecule has 0 atom stereocenters. The quantitative estimate of drug-likeness (QED) is 0.0976. The van der Waals surface area contributed by atoms with E-state index >= 15 is 0 Å². The van der Waals surface area contributed by atoms with Gasteiger partial charge in [-0.2, -0.15) is 0 Å². The number of nitro benzene ring substituents is 2. The van der Waals surface area contributed by atoms with Gasteiger partial charge in [-0.1, -0.05) is 0 Å². The minimum Gasteiger partial charge on any atom is -0.394 e. The maximum absolute atomic E-state index is 11.9. The summed E-state index contributed by atoms with van der Waals surface area (Å²) in [5.74, 6) is -0.390. The minimum absolute atomic E-state index is 0.0709. The Morgan fingerprint density at radius 3 is 2.00 bits per heavy atom. The molecule has 0 saturated heterocycles. The van der Waals surface area contributed by atoms with Crippen molar-refractivity contribution in [2.45, 2.75) is 6.92 Å². The lowest BCUT2D eigenvalue weighted by atomic mass is 10.2. The van der Waals surface area contributed by atoms with Gasteiger partial charge in [0.2, 0.25) is 5.91 Å². The number of nitro groups is 2. The van der Waals surface area contributed by atoms with E-state index in [1.165, 1.54) is 6.92 Å². The van der Waals surface area contributed by atoms with Crippen LogP contribution in [-0.2, 0) is 19.0 Å². The first-order valence-electron chi connectivity index (χ1n) is 12.2. The van der Waals surface area contributed by atoms with Crippen LogP contribution >= 0.6 is 0 Å². The number of azo groups is 1. The maximum atomic E-state index is 11.9. The zero-order chi connectivity index (χ0) is 29.3. The lowest BCUT2D eigenvalue weighted by molar-refractivity contribution is -0.393. The highest BCUT2D eigenvalue weighted by Gasteiger charge is 2.20. The summed E-state index contributed by atoms with van der Waals surface area (Å²) in [5, 5.41) is 50.7. The highest BCUT2D eigenvalue weighted by atomic mass is 16.6. The average molecular weight is 565 g/mol. The fraction of sp³-hybridized carbons (Fsp3) is 0.458. The zero-order valence-electron chi connectivity index (χ0n) is 21.9. The summed E-state index contributed by atoms with van der Waals surface area (Å²) in [5.41, 5.74) is -0.101. The van der Waals surface area contributed by atoms with E-state index in [1.54, 1.807) is 18.2 Å². The van der Waals surface area contributed by atoms with Crippen molar-refractivity contribution in [1.82, 2.24) is 0 Å². The largest absolute Gasteiger partial charge is 0.394 e. The number of aliphatic hydroxyl groups excluding tert-OH is 2. The van der Waals surface area contributed by atoms with Gasteiger partial charge in [0.05, 0.1) is 74.5 Å². The molecule has 3 N–H and O–H groups in total. The smallest absolute Gasteiger partial charge is 0.303 e. The number of amides is 1. The van der Waals surface area contributed by atoms with E-state index in [-0.39, 0.29) is 49.4 Å². The van der Waals surface area contributed by atoms with E-state index in [9.17, 15) is 25.0 Å². The average Bonchev–Trinajstić information content (AvgIpc) is 2.92. The second-order valence-electron chi connectivity index (χ2n) is 8.04. The van der Waals surface area contributed by atoms with Crippen molar-refractivity contribution in [3.05, 3.63) is 56.6 Å². The molecule has 0 fully saturated rings. The molecular weight excluding hydrogens is 532 g/mol. The molecule has 0 heterocycles. The molecule has 0 spiro atoms. The molecule has 2 rings (SSSR count). The van der Waals surface area contributed by atoms with E-state index in [0.29, 0.717) is 45.2 Å². The first-order valence-corrected chi connectivity index (χ1v) is 12.2. The summed E-state index contributed by atoms with van der Waals surface area (Å²) in [4.78, 5) is 34.7. The number of nitrogens with zero attached hydrogens (tertiary/aromatic N) is 5. The number of benzene rings is 2. The summed E-state index contributed by atoms with van der Waals surface area (Å²) in [6.45, 7) is 3.71. The lowest BCUT2D eigenvalue weighted by Crippen LogP contribution is -2.31. The number of non-ortho nitro benzene ring substituents is 1. The SMILES string of the molecule is CC(=O)Nc1cc(N(CCOCCO)CCOCCOCCO)ccc1/N=N/c1ccc([N+](=O)[O-])cc1[N+](=O)[O-]. The van der Waals surface area contributed by atoms with Crippen molar-refractivity contribution < 1.29 is 39.1 Å². The zero-order valence-corrected chi connectivity index (χ0v) is 21.9. The Bertz CT molecular complexity index is 1160. The number of ether oxygens (including phenoxy) is 3. The first-order chi connectivity index (χ1) is 19.3. The van der Waals surface area contributed by atoms with Gasteiger partial charge < -0.3 is 34.6 Å². The lowest BCUT2D eigenvalue weighted by Gasteiger charge is -2.25. The molecule has 16 heteroatoms. The summed E-state index contributed by atoms with van der Waals surface area (Å²) < 4.78 is 16.1. The van der Waals surface area contributed by atoms with Crippen LogP contribution in [0.15, 0.2) is 46.6 Å². The van der Waals surface area contributed by atoms with E-state index in [0.717, 1.165) is 18.2 Å². The second-order valence-corrected chi connectivity index (χ2v) is 8.04. The molecule has 2 aromatic rings. The van der Waals surface area contributed by atoms with Crippen LogP contribution in [0.3, 0.4) is 0 Å². The number of carbonyl (C=O) groups excluding carboxylic acids is 1. The van der Waals surface area contributed by atoms with Gasteiger partial charge in [-0.05, 0) is 24.3 Å². The van der Waals surface area contributed by atoms with Crippen molar-refractivity contribution >= 4 is 40.0 Å². The van der Waals surface area contributed by atoms with Gasteiger partial charge in [0.25, 0.3) is 5.69 Å². The normalized spacial score (nSPS) is 11.1. The number of rotatable bonds is 19. The molecule has 2 aromatic carbocycles.